The Morgan fingerprint density at radius 2 is 2.21 bits per heavy atom. The van der Waals surface area contributed by atoms with Crippen LogP contribution in [0.25, 0.3) is 0 Å². The van der Waals surface area contributed by atoms with Crippen LogP contribution in [0.5, 0.6) is 5.75 Å². The van der Waals surface area contributed by atoms with E-state index in [1.54, 1.807) is 6.07 Å². The number of nitrogens with two attached hydrogens (primary N) is 1. The molecule has 3 N–H and O–H groups in total. The first-order chi connectivity index (χ1) is 8.44. The van der Waals surface area contributed by atoms with Crippen molar-refractivity contribution in [2.24, 2.45) is 5.73 Å². The second-order valence-corrected chi connectivity index (χ2v) is 6.39. The predicted octanol–water partition coefficient (Wildman–Crippen LogP) is 1.32. The van der Waals surface area contributed by atoms with E-state index in [1.807, 2.05) is 6.92 Å². The topological polar surface area (TPSA) is 81.4 Å². The molecule has 0 radical (unpaired) electrons. The molecule has 108 valence electrons. The van der Waals surface area contributed by atoms with E-state index in [-0.39, 0.29) is 36.5 Å². The number of nitrogens with one attached hydrogen (secondary N) is 1. The zero-order valence-electron chi connectivity index (χ0n) is 10.3. The second kappa shape index (κ2) is 6.28. The zero-order valence-corrected chi connectivity index (χ0v) is 12.7. The highest BCUT2D eigenvalue weighted by Gasteiger charge is 2.25. The Bertz CT molecular complexity index is 563. The van der Waals surface area contributed by atoms with E-state index >= 15 is 0 Å². The van der Waals surface area contributed by atoms with E-state index in [4.69, 9.17) is 22.1 Å². The molecule has 8 heteroatoms. The van der Waals surface area contributed by atoms with Crippen molar-refractivity contribution in [1.82, 2.24) is 4.72 Å². The number of sulfonamides is 1. The van der Waals surface area contributed by atoms with E-state index in [0.717, 1.165) is 5.56 Å². The Morgan fingerprint density at radius 1 is 1.53 bits per heavy atom. The molecule has 1 aromatic rings. The summed E-state index contributed by atoms with van der Waals surface area (Å²) in [6, 6.07) is 3.00. The van der Waals surface area contributed by atoms with Gasteiger partial charge in [0, 0.05) is 25.1 Å². The van der Waals surface area contributed by atoms with Crippen molar-refractivity contribution in [3.63, 3.8) is 0 Å². The molecule has 1 unspecified atom stereocenters. The maximum absolute atomic E-state index is 12.0. The molecule has 0 spiro atoms. The Hall–Kier alpha value is -0.530. The highest BCUT2D eigenvalue weighted by molar-refractivity contribution is 7.89. The Morgan fingerprint density at radius 3 is 2.84 bits per heavy atom. The normalized spacial score (nSPS) is 17.5. The Kier molecular flexibility index (Phi) is 5.46. The lowest BCUT2D eigenvalue weighted by atomic mass is 10.1. The molecule has 0 saturated heterocycles. The Balaban J connectivity index is 0.00000180. The van der Waals surface area contributed by atoms with Crippen LogP contribution in [0, 0.1) is 0 Å². The van der Waals surface area contributed by atoms with E-state index in [0.29, 0.717) is 17.2 Å². The molecule has 5 nitrogen and oxygen atoms in total. The van der Waals surface area contributed by atoms with Gasteiger partial charge in [-0.2, -0.15) is 0 Å². The third-order valence-electron chi connectivity index (χ3n) is 2.67. The largest absolute Gasteiger partial charge is 0.489 e. The highest BCUT2D eigenvalue weighted by Crippen LogP contribution is 2.37. The van der Waals surface area contributed by atoms with Gasteiger partial charge in [0.15, 0.2) is 0 Å². The van der Waals surface area contributed by atoms with Crippen LogP contribution in [0.1, 0.15) is 12.5 Å². The summed E-state index contributed by atoms with van der Waals surface area (Å²) >= 11 is 6.04. The lowest BCUT2D eigenvalue weighted by molar-refractivity contribution is 0.255. The number of rotatable bonds is 4. The molecule has 1 aliphatic rings. The van der Waals surface area contributed by atoms with Crippen LogP contribution in [-0.2, 0) is 16.4 Å². The molecule has 19 heavy (non-hydrogen) atoms. The third kappa shape index (κ3) is 3.52. The van der Waals surface area contributed by atoms with Gasteiger partial charge in [-0.25, -0.2) is 13.1 Å². The molecule has 2 rings (SSSR count). The van der Waals surface area contributed by atoms with E-state index in [9.17, 15) is 8.42 Å². The fraction of sp³-hybridized carbons (Fsp3) is 0.455. The summed E-state index contributed by atoms with van der Waals surface area (Å²) in [6.45, 7) is 2.36. The van der Waals surface area contributed by atoms with Gasteiger partial charge in [0.05, 0.1) is 9.92 Å². The molecule has 0 aromatic heterocycles. The molecule has 0 fully saturated rings. The van der Waals surface area contributed by atoms with Gasteiger partial charge in [0.1, 0.15) is 11.9 Å². The van der Waals surface area contributed by atoms with Crippen LogP contribution in [0.2, 0.25) is 5.02 Å². The maximum atomic E-state index is 12.0. The van der Waals surface area contributed by atoms with Gasteiger partial charge in [-0.15, -0.1) is 12.4 Å². The number of benzene rings is 1. The summed E-state index contributed by atoms with van der Waals surface area (Å²) in [4.78, 5) is 0.150. The second-order valence-electron chi connectivity index (χ2n) is 4.21. The van der Waals surface area contributed by atoms with Crippen molar-refractivity contribution < 1.29 is 13.2 Å². The maximum Gasteiger partial charge on any atom is 0.240 e. The zero-order chi connectivity index (χ0) is 13.3. The quantitative estimate of drug-likeness (QED) is 0.874. The predicted molar refractivity (Wildman–Crippen MR) is 76.7 cm³/mol. The number of fused-ring (bicyclic) bond motifs is 1. The average molecular weight is 327 g/mol. The van der Waals surface area contributed by atoms with Gasteiger partial charge < -0.3 is 10.5 Å². The summed E-state index contributed by atoms with van der Waals surface area (Å²) in [5.41, 5.74) is 6.10. The SMILES string of the molecule is CC1Cc2cc(S(=O)(=O)NCCN)cc(Cl)c2O1.Cl. The van der Waals surface area contributed by atoms with E-state index in [1.165, 1.54) is 6.07 Å². The summed E-state index contributed by atoms with van der Waals surface area (Å²) in [7, 11) is -3.55. The monoisotopic (exact) mass is 326 g/mol. The summed E-state index contributed by atoms with van der Waals surface area (Å²) in [5.74, 6) is 0.585. The lowest BCUT2D eigenvalue weighted by Crippen LogP contribution is -2.29. The van der Waals surface area contributed by atoms with Crippen LogP contribution in [-0.4, -0.2) is 27.6 Å². The van der Waals surface area contributed by atoms with Crippen molar-refractivity contribution in [1.29, 1.82) is 0 Å². The molecule has 0 saturated carbocycles. The standard InChI is InChI=1S/C11H15ClN2O3S.ClH/c1-7-4-8-5-9(6-10(12)11(8)17-7)18(15,16)14-3-2-13;/h5-7,14H,2-4,13H2,1H3;1H. The number of hydrogen-bond acceptors (Lipinski definition) is 4. The number of hydrogen-bond donors (Lipinski definition) is 2. The van der Waals surface area contributed by atoms with Gasteiger partial charge in [-0.3, -0.25) is 0 Å². The van der Waals surface area contributed by atoms with Crippen molar-refractivity contribution >= 4 is 34.0 Å². The molecule has 0 bridgehead atoms. The first kappa shape index (κ1) is 16.5. The van der Waals surface area contributed by atoms with E-state index in [2.05, 4.69) is 4.72 Å². The molecule has 1 atom stereocenters. The van der Waals surface area contributed by atoms with Crippen LogP contribution >= 0.6 is 24.0 Å². The minimum atomic E-state index is -3.55. The van der Waals surface area contributed by atoms with Crippen molar-refractivity contribution in [3.05, 3.63) is 22.7 Å². The molecular weight excluding hydrogens is 311 g/mol. The van der Waals surface area contributed by atoms with Crippen LogP contribution < -0.4 is 15.2 Å². The summed E-state index contributed by atoms with van der Waals surface area (Å²) in [6.07, 6.45) is 0.683. The van der Waals surface area contributed by atoms with Gasteiger partial charge in [-0.05, 0) is 19.1 Å². The number of halogens is 2. The smallest absolute Gasteiger partial charge is 0.240 e. The number of ether oxygens (including phenoxy) is 1. The van der Waals surface area contributed by atoms with Crippen molar-refractivity contribution in [2.75, 3.05) is 13.1 Å². The highest BCUT2D eigenvalue weighted by atomic mass is 35.5. The van der Waals surface area contributed by atoms with Gasteiger partial charge >= 0.3 is 0 Å². The van der Waals surface area contributed by atoms with Crippen LogP contribution in [0.15, 0.2) is 17.0 Å². The third-order valence-corrected chi connectivity index (χ3v) is 4.39. The first-order valence-electron chi connectivity index (χ1n) is 5.63. The van der Waals surface area contributed by atoms with E-state index < -0.39 is 10.0 Å². The molecule has 1 aliphatic heterocycles. The Labute approximate surface area is 123 Å². The molecule has 0 amide bonds. The molecular formula is C11H16Cl2N2O3S. The van der Waals surface area contributed by atoms with Gasteiger partial charge in [0.2, 0.25) is 10.0 Å². The van der Waals surface area contributed by atoms with Crippen molar-refractivity contribution in [3.8, 4) is 5.75 Å². The lowest BCUT2D eigenvalue weighted by Gasteiger charge is -2.09. The van der Waals surface area contributed by atoms with Gasteiger partial charge in [-0.1, -0.05) is 11.6 Å². The summed E-state index contributed by atoms with van der Waals surface area (Å²) < 4.78 is 31.8. The van der Waals surface area contributed by atoms with Crippen LogP contribution in [0.4, 0.5) is 0 Å². The van der Waals surface area contributed by atoms with Crippen molar-refractivity contribution in [2.45, 2.75) is 24.3 Å². The van der Waals surface area contributed by atoms with Crippen LogP contribution in [0.3, 0.4) is 0 Å². The van der Waals surface area contributed by atoms with Gasteiger partial charge in [0.25, 0.3) is 0 Å². The summed E-state index contributed by atoms with van der Waals surface area (Å²) in [5, 5.41) is 0.324. The average Bonchev–Trinajstić information content (AvgIpc) is 2.67. The minimum absolute atomic E-state index is 0. The minimum Gasteiger partial charge on any atom is -0.489 e. The fourth-order valence-electron chi connectivity index (χ4n) is 1.89. The first-order valence-corrected chi connectivity index (χ1v) is 7.49. The molecule has 1 heterocycles. The fourth-order valence-corrected chi connectivity index (χ4v) is 3.36. The molecule has 1 aromatic carbocycles. The molecule has 0 aliphatic carbocycles.